The Kier molecular flexibility index (Phi) is 6.49. The second-order valence-electron chi connectivity index (χ2n) is 8.23. The highest BCUT2D eigenvalue weighted by atomic mass is 16.5. The zero-order valence-corrected chi connectivity index (χ0v) is 19.0. The van der Waals surface area contributed by atoms with Crippen LogP contribution in [0.1, 0.15) is 39.2 Å². The fraction of sp³-hybridized carbons (Fsp3) is 0.385. The minimum atomic E-state index is -0.304. The van der Waals surface area contributed by atoms with Crippen molar-refractivity contribution in [2.45, 2.75) is 33.6 Å². The molecule has 0 aromatic heterocycles. The Labute approximate surface area is 189 Å². The number of likely N-dealkylation sites (tertiary alicyclic amines) is 1. The van der Waals surface area contributed by atoms with E-state index in [-0.39, 0.29) is 11.8 Å². The summed E-state index contributed by atoms with van der Waals surface area (Å²) < 4.78 is 11.1. The molecule has 4 rings (SSSR count). The molecule has 0 atom stereocenters. The van der Waals surface area contributed by atoms with E-state index in [4.69, 9.17) is 9.47 Å². The highest BCUT2D eigenvalue weighted by Gasteiger charge is 2.43. The largest absolute Gasteiger partial charge is 0.494 e. The van der Waals surface area contributed by atoms with Crippen LogP contribution in [0.3, 0.4) is 0 Å². The van der Waals surface area contributed by atoms with E-state index in [0.717, 1.165) is 37.2 Å². The Balaban J connectivity index is 1.75. The molecule has 168 valence electrons. The Morgan fingerprint density at radius 2 is 1.53 bits per heavy atom. The van der Waals surface area contributed by atoms with Gasteiger partial charge >= 0.3 is 0 Å². The first-order valence-corrected chi connectivity index (χ1v) is 11.4. The summed E-state index contributed by atoms with van der Waals surface area (Å²) in [5, 5.41) is 0. The highest BCUT2D eigenvalue weighted by molar-refractivity contribution is 6.45. The van der Waals surface area contributed by atoms with Crippen LogP contribution in [0.15, 0.2) is 54.2 Å². The first kappa shape index (κ1) is 21.9. The maximum absolute atomic E-state index is 13.7. The number of nitrogens with zero attached hydrogens (tertiary/aromatic N) is 2. The maximum atomic E-state index is 13.7. The molecule has 2 aliphatic rings. The lowest BCUT2D eigenvalue weighted by Gasteiger charge is -2.32. The number of hydrogen-bond acceptors (Lipinski definition) is 5. The average molecular weight is 435 g/mol. The van der Waals surface area contributed by atoms with Gasteiger partial charge in [-0.05, 0) is 62.4 Å². The molecule has 0 spiro atoms. The molecule has 1 fully saturated rings. The monoisotopic (exact) mass is 434 g/mol. The van der Waals surface area contributed by atoms with Crippen molar-refractivity contribution in [2.24, 2.45) is 5.92 Å². The summed E-state index contributed by atoms with van der Waals surface area (Å²) in [5.74, 6) is 1.41. The van der Waals surface area contributed by atoms with E-state index >= 15 is 0 Å². The van der Waals surface area contributed by atoms with Crippen LogP contribution in [-0.2, 0) is 9.59 Å². The molecule has 0 unspecified atom stereocenters. The number of amides is 2. The van der Waals surface area contributed by atoms with Crippen molar-refractivity contribution in [1.29, 1.82) is 0 Å². The molecule has 0 radical (unpaired) electrons. The van der Waals surface area contributed by atoms with Crippen LogP contribution in [0.2, 0.25) is 0 Å². The Hall–Kier alpha value is -3.28. The van der Waals surface area contributed by atoms with Gasteiger partial charge in [-0.1, -0.05) is 25.1 Å². The number of carbonyl (C=O) groups excluding carboxylic acids is 2. The minimum absolute atomic E-state index is 0.276. The van der Waals surface area contributed by atoms with Crippen LogP contribution in [0, 0.1) is 5.92 Å². The quantitative estimate of drug-likeness (QED) is 0.601. The van der Waals surface area contributed by atoms with Crippen molar-refractivity contribution in [2.75, 3.05) is 31.2 Å². The number of anilines is 1. The van der Waals surface area contributed by atoms with Gasteiger partial charge in [0.2, 0.25) is 0 Å². The molecule has 0 aliphatic carbocycles. The summed E-state index contributed by atoms with van der Waals surface area (Å²) in [5.41, 5.74) is 2.20. The zero-order valence-electron chi connectivity index (χ0n) is 19.0. The topological polar surface area (TPSA) is 59.1 Å². The smallest absolute Gasteiger partial charge is 0.282 e. The maximum Gasteiger partial charge on any atom is 0.282 e. The summed E-state index contributed by atoms with van der Waals surface area (Å²) in [6, 6.07) is 14.6. The standard InChI is InChI=1S/C26H30N2O4/c1-4-31-21-11-9-19(10-12-21)23-24(27-15-13-18(3)14-16-27)26(30)28(25(23)29)20-7-6-8-22(17-20)32-5-2/h6-12,17-18H,4-5,13-16H2,1-3H3. The fourth-order valence-electron chi connectivity index (χ4n) is 4.30. The van der Waals surface area contributed by atoms with Crippen LogP contribution in [-0.4, -0.2) is 43.0 Å². The van der Waals surface area contributed by atoms with E-state index in [2.05, 4.69) is 11.8 Å². The van der Waals surface area contributed by atoms with Crippen molar-refractivity contribution >= 4 is 23.1 Å². The van der Waals surface area contributed by atoms with Gasteiger partial charge in [0.1, 0.15) is 17.2 Å². The van der Waals surface area contributed by atoms with Gasteiger partial charge in [-0.3, -0.25) is 9.59 Å². The van der Waals surface area contributed by atoms with E-state index in [0.29, 0.717) is 41.8 Å². The lowest BCUT2D eigenvalue weighted by atomic mass is 9.97. The third-order valence-electron chi connectivity index (χ3n) is 6.00. The van der Waals surface area contributed by atoms with Crippen molar-refractivity contribution in [3.05, 3.63) is 59.8 Å². The molecule has 2 aromatic rings. The second-order valence-corrected chi connectivity index (χ2v) is 8.23. The number of carbonyl (C=O) groups is 2. The predicted molar refractivity (Wildman–Crippen MR) is 125 cm³/mol. The van der Waals surface area contributed by atoms with Gasteiger partial charge in [0, 0.05) is 19.2 Å². The van der Waals surface area contributed by atoms with Gasteiger partial charge in [-0.15, -0.1) is 0 Å². The number of imide groups is 1. The SMILES string of the molecule is CCOc1ccc(C2=C(N3CCC(C)CC3)C(=O)N(c3cccc(OCC)c3)C2=O)cc1. The van der Waals surface area contributed by atoms with Gasteiger partial charge in [-0.25, -0.2) is 4.90 Å². The first-order chi connectivity index (χ1) is 15.5. The van der Waals surface area contributed by atoms with Crippen molar-refractivity contribution in [1.82, 2.24) is 4.90 Å². The van der Waals surface area contributed by atoms with E-state index < -0.39 is 0 Å². The lowest BCUT2D eigenvalue weighted by molar-refractivity contribution is -0.120. The molecule has 1 saturated heterocycles. The molecule has 2 amide bonds. The summed E-state index contributed by atoms with van der Waals surface area (Å²) in [6.07, 6.45) is 2.00. The van der Waals surface area contributed by atoms with Gasteiger partial charge in [0.25, 0.3) is 11.8 Å². The zero-order chi connectivity index (χ0) is 22.7. The number of rotatable bonds is 7. The molecular weight excluding hydrogens is 404 g/mol. The molecule has 2 aliphatic heterocycles. The van der Waals surface area contributed by atoms with Gasteiger partial charge < -0.3 is 14.4 Å². The van der Waals surface area contributed by atoms with Crippen LogP contribution < -0.4 is 14.4 Å². The Morgan fingerprint density at radius 3 is 2.19 bits per heavy atom. The van der Waals surface area contributed by atoms with Crippen molar-refractivity contribution < 1.29 is 19.1 Å². The number of piperidine rings is 1. The molecule has 0 bridgehead atoms. The average Bonchev–Trinajstić information content (AvgIpc) is 3.05. The third kappa shape index (κ3) is 4.22. The molecular formula is C26H30N2O4. The summed E-state index contributed by atoms with van der Waals surface area (Å²) in [7, 11) is 0. The van der Waals surface area contributed by atoms with Gasteiger partial charge in [0.05, 0.1) is 24.5 Å². The highest BCUT2D eigenvalue weighted by Crippen LogP contribution is 2.37. The molecule has 6 nitrogen and oxygen atoms in total. The number of ether oxygens (including phenoxy) is 2. The normalized spacial score (nSPS) is 17.3. The first-order valence-electron chi connectivity index (χ1n) is 11.4. The van der Waals surface area contributed by atoms with Crippen molar-refractivity contribution in [3.8, 4) is 11.5 Å². The van der Waals surface area contributed by atoms with Crippen LogP contribution in [0.5, 0.6) is 11.5 Å². The summed E-state index contributed by atoms with van der Waals surface area (Å²) in [4.78, 5) is 30.7. The Bertz CT molecular complexity index is 1020. The van der Waals surface area contributed by atoms with E-state index in [1.807, 2.05) is 44.2 Å². The van der Waals surface area contributed by atoms with E-state index in [1.165, 1.54) is 4.90 Å². The van der Waals surface area contributed by atoms with Crippen LogP contribution in [0.25, 0.3) is 5.57 Å². The molecule has 32 heavy (non-hydrogen) atoms. The summed E-state index contributed by atoms with van der Waals surface area (Å²) in [6.45, 7) is 8.68. The molecule has 6 heteroatoms. The van der Waals surface area contributed by atoms with E-state index in [1.54, 1.807) is 18.2 Å². The minimum Gasteiger partial charge on any atom is -0.494 e. The molecule has 0 N–H and O–H groups in total. The van der Waals surface area contributed by atoms with Crippen molar-refractivity contribution in [3.63, 3.8) is 0 Å². The number of benzene rings is 2. The Morgan fingerprint density at radius 1 is 0.875 bits per heavy atom. The molecule has 0 saturated carbocycles. The van der Waals surface area contributed by atoms with E-state index in [9.17, 15) is 9.59 Å². The molecule has 2 heterocycles. The fourth-order valence-corrected chi connectivity index (χ4v) is 4.30. The van der Waals surface area contributed by atoms with Gasteiger partial charge in [-0.2, -0.15) is 0 Å². The number of hydrogen-bond donors (Lipinski definition) is 0. The van der Waals surface area contributed by atoms with Gasteiger partial charge in [0.15, 0.2) is 0 Å². The van der Waals surface area contributed by atoms with Crippen LogP contribution in [0.4, 0.5) is 5.69 Å². The third-order valence-corrected chi connectivity index (χ3v) is 6.00. The predicted octanol–water partition coefficient (Wildman–Crippen LogP) is 4.50. The molecule has 2 aromatic carbocycles. The second kappa shape index (κ2) is 9.47. The van der Waals surface area contributed by atoms with Crippen LogP contribution >= 0.6 is 0 Å². The summed E-state index contributed by atoms with van der Waals surface area (Å²) >= 11 is 0. The lowest BCUT2D eigenvalue weighted by Crippen LogP contribution is -2.38.